The van der Waals surface area contributed by atoms with E-state index in [0.29, 0.717) is 36.8 Å². The van der Waals surface area contributed by atoms with E-state index in [1.807, 2.05) is 6.92 Å². The normalized spacial score (nSPS) is 10.3. The van der Waals surface area contributed by atoms with Crippen LogP contribution < -0.4 is 15.8 Å². The second kappa shape index (κ2) is 9.20. The maximum Gasteiger partial charge on any atom is 0.255 e. The molecule has 112 valence electrons. The maximum atomic E-state index is 11.9. The van der Waals surface area contributed by atoms with Crippen LogP contribution in [-0.2, 0) is 4.74 Å². The molecule has 0 spiro atoms. The van der Waals surface area contributed by atoms with E-state index in [1.165, 1.54) is 0 Å². The van der Waals surface area contributed by atoms with E-state index >= 15 is 0 Å². The summed E-state index contributed by atoms with van der Waals surface area (Å²) in [6.45, 7) is 6.20. The summed E-state index contributed by atoms with van der Waals surface area (Å²) < 4.78 is 11.0. The number of benzene rings is 1. The number of carbonyl (C=O) groups excluding carboxylic acids is 1. The SMILES string of the molecule is CCCCOCCOc1cc(N)ccc1C(=O)NCC. The largest absolute Gasteiger partial charge is 0.490 e. The van der Waals surface area contributed by atoms with Crippen molar-refractivity contribution >= 4 is 11.6 Å². The number of nitrogen functional groups attached to an aromatic ring is 1. The van der Waals surface area contributed by atoms with Gasteiger partial charge in [-0.2, -0.15) is 0 Å². The third kappa shape index (κ3) is 5.48. The molecule has 0 aliphatic rings. The smallest absolute Gasteiger partial charge is 0.255 e. The molecule has 0 bridgehead atoms. The zero-order valence-corrected chi connectivity index (χ0v) is 12.3. The molecular formula is C15H24N2O3. The van der Waals surface area contributed by atoms with Crippen LogP contribution in [0.2, 0.25) is 0 Å². The monoisotopic (exact) mass is 280 g/mol. The van der Waals surface area contributed by atoms with Gasteiger partial charge in [0.2, 0.25) is 0 Å². The summed E-state index contributed by atoms with van der Waals surface area (Å²) in [5, 5.41) is 2.75. The first kappa shape index (κ1) is 16.3. The number of anilines is 1. The lowest BCUT2D eigenvalue weighted by Gasteiger charge is -2.12. The van der Waals surface area contributed by atoms with Crippen LogP contribution in [0.15, 0.2) is 18.2 Å². The number of ether oxygens (including phenoxy) is 2. The molecule has 1 aromatic rings. The summed E-state index contributed by atoms with van der Waals surface area (Å²) in [5.41, 5.74) is 6.79. The van der Waals surface area contributed by atoms with E-state index in [0.717, 1.165) is 19.4 Å². The van der Waals surface area contributed by atoms with E-state index in [1.54, 1.807) is 18.2 Å². The van der Waals surface area contributed by atoms with E-state index in [2.05, 4.69) is 12.2 Å². The van der Waals surface area contributed by atoms with Gasteiger partial charge in [-0.1, -0.05) is 13.3 Å². The van der Waals surface area contributed by atoms with Gasteiger partial charge in [0.25, 0.3) is 5.91 Å². The van der Waals surface area contributed by atoms with Crippen molar-refractivity contribution in [1.29, 1.82) is 0 Å². The fourth-order valence-corrected chi connectivity index (χ4v) is 1.66. The highest BCUT2D eigenvalue weighted by Crippen LogP contribution is 2.21. The van der Waals surface area contributed by atoms with Gasteiger partial charge in [-0.25, -0.2) is 0 Å². The molecule has 0 heterocycles. The Kier molecular flexibility index (Phi) is 7.50. The van der Waals surface area contributed by atoms with Crippen LogP contribution in [0.5, 0.6) is 5.75 Å². The lowest BCUT2D eigenvalue weighted by atomic mass is 10.1. The molecule has 0 aromatic heterocycles. The summed E-state index contributed by atoms with van der Waals surface area (Å²) in [7, 11) is 0. The van der Waals surface area contributed by atoms with Gasteiger partial charge in [0.1, 0.15) is 12.4 Å². The maximum absolute atomic E-state index is 11.9. The summed E-state index contributed by atoms with van der Waals surface area (Å²) in [6, 6.07) is 5.03. The van der Waals surface area contributed by atoms with E-state index in [4.69, 9.17) is 15.2 Å². The second-order valence-electron chi connectivity index (χ2n) is 4.43. The summed E-state index contributed by atoms with van der Waals surface area (Å²) in [4.78, 5) is 11.9. The Morgan fingerprint density at radius 2 is 2.05 bits per heavy atom. The van der Waals surface area contributed by atoms with E-state index in [9.17, 15) is 4.79 Å². The summed E-state index contributed by atoms with van der Waals surface area (Å²) >= 11 is 0. The van der Waals surface area contributed by atoms with Crippen LogP contribution in [0.3, 0.4) is 0 Å². The van der Waals surface area contributed by atoms with Gasteiger partial charge in [-0.3, -0.25) is 4.79 Å². The number of carbonyl (C=O) groups is 1. The first-order chi connectivity index (χ1) is 9.69. The quantitative estimate of drug-likeness (QED) is 0.537. The average Bonchev–Trinajstić information content (AvgIpc) is 2.43. The number of hydrogen-bond acceptors (Lipinski definition) is 4. The minimum absolute atomic E-state index is 0.158. The molecular weight excluding hydrogens is 256 g/mol. The van der Waals surface area contributed by atoms with Gasteiger partial charge < -0.3 is 20.5 Å². The molecule has 0 atom stereocenters. The number of nitrogens with one attached hydrogen (secondary N) is 1. The standard InChI is InChI=1S/C15H24N2O3/c1-3-5-8-19-9-10-20-14-11-12(16)6-7-13(14)15(18)17-4-2/h6-7,11H,3-5,8-10,16H2,1-2H3,(H,17,18). The van der Waals surface area contributed by atoms with Gasteiger partial charge in [0, 0.05) is 24.9 Å². The molecule has 0 aliphatic carbocycles. The van der Waals surface area contributed by atoms with Crippen molar-refractivity contribution in [2.24, 2.45) is 0 Å². The Morgan fingerprint density at radius 3 is 2.75 bits per heavy atom. The van der Waals surface area contributed by atoms with Crippen LogP contribution in [0.25, 0.3) is 0 Å². The van der Waals surface area contributed by atoms with Crippen LogP contribution in [0.1, 0.15) is 37.0 Å². The molecule has 3 N–H and O–H groups in total. The topological polar surface area (TPSA) is 73.6 Å². The fraction of sp³-hybridized carbons (Fsp3) is 0.533. The van der Waals surface area contributed by atoms with Crippen LogP contribution in [-0.4, -0.2) is 32.3 Å². The Bertz CT molecular complexity index is 422. The van der Waals surface area contributed by atoms with Crippen molar-refractivity contribution in [1.82, 2.24) is 5.32 Å². The van der Waals surface area contributed by atoms with Crippen molar-refractivity contribution in [2.75, 3.05) is 32.1 Å². The number of rotatable bonds is 9. The Morgan fingerprint density at radius 1 is 1.25 bits per heavy atom. The molecule has 20 heavy (non-hydrogen) atoms. The summed E-state index contributed by atoms with van der Waals surface area (Å²) in [5.74, 6) is 0.337. The van der Waals surface area contributed by atoms with Crippen molar-refractivity contribution < 1.29 is 14.3 Å². The Balaban J connectivity index is 2.54. The second-order valence-corrected chi connectivity index (χ2v) is 4.43. The van der Waals surface area contributed by atoms with Gasteiger partial charge in [0.05, 0.1) is 12.2 Å². The molecule has 0 saturated heterocycles. The van der Waals surface area contributed by atoms with Crippen LogP contribution in [0.4, 0.5) is 5.69 Å². The van der Waals surface area contributed by atoms with E-state index in [-0.39, 0.29) is 5.91 Å². The minimum atomic E-state index is -0.158. The minimum Gasteiger partial charge on any atom is -0.490 e. The van der Waals surface area contributed by atoms with Crippen molar-refractivity contribution in [3.63, 3.8) is 0 Å². The highest BCUT2D eigenvalue weighted by molar-refractivity contribution is 5.97. The average molecular weight is 280 g/mol. The van der Waals surface area contributed by atoms with Gasteiger partial charge >= 0.3 is 0 Å². The van der Waals surface area contributed by atoms with Crippen molar-refractivity contribution in [2.45, 2.75) is 26.7 Å². The van der Waals surface area contributed by atoms with Crippen LogP contribution >= 0.6 is 0 Å². The summed E-state index contributed by atoms with van der Waals surface area (Å²) in [6.07, 6.45) is 2.15. The van der Waals surface area contributed by atoms with Crippen LogP contribution in [0, 0.1) is 0 Å². The Labute approximate surface area is 120 Å². The molecule has 1 aromatic carbocycles. The molecule has 0 saturated carbocycles. The van der Waals surface area contributed by atoms with Crippen molar-refractivity contribution in [3.05, 3.63) is 23.8 Å². The molecule has 0 radical (unpaired) electrons. The molecule has 0 unspecified atom stereocenters. The predicted octanol–water partition coefficient (Wildman–Crippen LogP) is 2.21. The molecule has 5 nitrogen and oxygen atoms in total. The highest BCUT2D eigenvalue weighted by Gasteiger charge is 2.12. The Hall–Kier alpha value is -1.75. The molecule has 0 fully saturated rings. The van der Waals surface area contributed by atoms with Crippen molar-refractivity contribution in [3.8, 4) is 5.75 Å². The molecule has 5 heteroatoms. The number of hydrogen-bond donors (Lipinski definition) is 2. The predicted molar refractivity (Wildman–Crippen MR) is 80.1 cm³/mol. The lowest BCUT2D eigenvalue weighted by Crippen LogP contribution is -2.23. The molecule has 1 amide bonds. The zero-order chi connectivity index (χ0) is 14.8. The molecule has 0 aliphatic heterocycles. The first-order valence-electron chi connectivity index (χ1n) is 7.07. The molecule has 1 rings (SSSR count). The number of amides is 1. The third-order valence-electron chi connectivity index (χ3n) is 2.72. The van der Waals surface area contributed by atoms with E-state index < -0.39 is 0 Å². The highest BCUT2D eigenvalue weighted by atomic mass is 16.5. The number of unbranched alkanes of at least 4 members (excludes halogenated alkanes) is 1. The van der Waals surface area contributed by atoms with Gasteiger partial charge in [0.15, 0.2) is 0 Å². The zero-order valence-electron chi connectivity index (χ0n) is 12.3. The van der Waals surface area contributed by atoms with Gasteiger partial charge in [-0.15, -0.1) is 0 Å². The van der Waals surface area contributed by atoms with Gasteiger partial charge in [-0.05, 0) is 25.5 Å². The number of nitrogens with two attached hydrogens (primary N) is 1. The lowest BCUT2D eigenvalue weighted by molar-refractivity contribution is 0.0918. The third-order valence-corrected chi connectivity index (χ3v) is 2.72. The first-order valence-corrected chi connectivity index (χ1v) is 7.07. The fourth-order valence-electron chi connectivity index (χ4n) is 1.66.